The largest absolute Gasteiger partial charge is 0.480 e. The summed E-state index contributed by atoms with van der Waals surface area (Å²) in [6, 6.07) is 12.8. The molecule has 4 saturated heterocycles. The highest BCUT2D eigenvalue weighted by Gasteiger charge is 2.46. The van der Waals surface area contributed by atoms with E-state index in [0.717, 1.165) is 112 Å². The Morgan fingerprint density at radius 3 is 2.30 bits per heavy atom. The second kappa shape index (κ2) is 18.0. The normalized spacial score (nSPS) is 25.0. The van der Waals surface area contributed by atoms with Crippen molar-refractivity contribution in [3.63, 3.8) is 0 Å². The predicted octanol–water partition coefficient (Wildman–Crippen LogP) is 4.22. The third-order valence-corrected chi connectivity index (χ3v) is 16.1. The number of carbonyl (C=O) groups is 5. The molecular formula is C52H63N11O7. The average molecular weight is 954 g/mol. The summed E-state index contributed by atoms with van der Waals surface area (Å²) in [5.41, 5.74) is 7.64. The molecule has 5 amide bonds. The van der Waals surface area contributed by atoms with Crippen molar-refractivity contribution in [1.82, 2.24) is 34.6 Å². The van der Waals surface area contributed by atoms with Crippen molar-refractivity contribution in [3.05, 3.63) is 82.9 Å². The molecule has 3 aromatic heterocycles. The number of nitrogens with one attached hydrogen (secondary N) is 2. The van der Waals surface area contributed by atoms with Gasteiger partial charge in [-0.25, -0.2) is 9.97 Å². The number of imide groups is 2. The van der Waals surface area contributed by atoms with Crippen LogP contribution in [-0.2, 0) is 29.0 Å². The van der Waals surface area contributed by atoms with Gasteiger partial charge in [-0.2, -0.15) is 0 Å². The van der Waals surface area contributed by atoms with E-state index in [-0.39, 0.29) is 48.9 Å². The van der Waals surface area contributed by atoms with E-state index in [1.165, 1.54) is 11.3 Å². The Hall–Kier alpha value is -6.53. The maximum atomic E-state index is 14.1. The van der Waals surface area contributed by atoms with Gasteiger partial charge in [0.15, 0.2) is 0 Å². The molecule has 7 aliphatic rings. The molecule has 18 heteroatoms. The van der Waals surface area contributed by atoms with Gasteiger partial charge in [0.25, 0.3) is 17.7 Å². The van der Waals surface area contributed by atoms with Crippen LogP contribution in [0.25, 0.3) is 0 Å². The van der Waals surface area contributed by atoms with E-state index in [9.17, 15) is 29.1 Å². The van der Waals surface area contributed by atoms with Crippen LogP contribution in [0.5, 0.6) is 5.88 Å². The molecule has 9 heterocycles. The van der Waals surface area contributed by atoms with Crippen LogP contribution in [0.2, 0.25) is 0 Å². The van der Waals surface area contributed by atoms with E-state index in [1.807, 2.05) is 29.3 Å². The predicted molar refractivity (Wildman–Crippen MR) is 263 cm³/mol. The van der Waals surface area contributed by atoms with Crippen molar-refractivity contribution >= 4 is 58.1 Å². The number of ether oxygens (including phenoxy) is 1. The first-order valence-corrected chi connectivity index (χ1v) is 25.1. The summed E-state index contributed by atoms with van der Waals surface area (Å²) in [5.74, 6) is -0.847. The minimum Gasteiger partial charge on any atom is -0.480 e. The van der Waals surface area contributed by atoms with Gasteiger partial charge in [0.05, 0.1) is 60.7 Å². The molecular weight excluding hydrogens is 891 g/mol. The number of piperidine rings is 3. The summed E-state index contributed by atoms with van der Waals surface area (Å²) in [4.78, 5) is 87.1. The summed E-state index contributed by atoms with van der Waals surface area (Å²) in [5, 5.41) is 16.6. The number of aliphatic hydroxyl groups is 1. The Morgan fingerprint density at radius 2 is 1.56 bits per heavy atom. The molecule has 1 aliphatic carbocycles. The van der Waals surface area contributed by atoms with E-state index >= 15 is 0 Å². The smallest absolute Gasteiger partial charge is 0.270 e. The maximum absolute atomic E-state index is 14.1. The quantitative estimate of drug-likeness (QED) is 0.192. The number of methoxy groups -OCH3 is 1. The molecule has 4 fully saturated rings. The number of hydrogen-bond donors (Lipinski definition) is 3. The van der Waals surface area contributed by atoms with Gasteiger partial charge < -0.3 is 39.3 Å². The van der Waals surface area contributed by atoms with Gasteiger partial charge in [0.2, 0.25) is 17.7 Å². The number of piperazine rings is 1. The van der Waals surface area contributed by atoms with Crippen LogP contribution in [0.15, 0.2) is 54.9 Å². The van der Waals surface area contributed by atoms with Gasteiger partial charge in [-0.05, 0) is 105 Å². The van der Waals surface area contributed by atoms with Crippen LogP contribution < -0.4 is 30.1 Å². The molecule has 0 bridgehead atoms. The van der Waals surface area contributed by atoms with Gasteiger partial charge in [-0.3, -0.25) is 39.1 Å². The minimum atomic E-state index is -0.983. The molecule has 1 aromatic carbocycles. The fourth-order valence-corrected chi connectivity index (χ4v) is 12.6. The molecule has 11 rings (SSSR count). The third kappa shape index (κ3) is 8.11. The van der Waals surface area contributed by atoms with Crippen LogP contribution >= 0.6 is 0 Å². The lowest BCUT2D eigenvalue weighted by atomic mass is 9.90. The summed E-state index contributed by atoms with van der Waals surface area (Å²) >= 11 is 0. The van der Waals surface area contributed by atoms with E-state index < -0.39 is 29.7 Å². The lowest BCUT2D eigenvalue weighted by molar-refractivity contribution is -0.136. The monoisotopic (exact) mass is 953 g/mol. The second-order valence-corrected chi connectivity index (χ2v) is 21.0. The Labute approximate surface area is 407 Å². The Kier molecular flexibility index (Phi) is 11.8. The Bertz CT molecular complexity index is 2750. The molecule has 18 nitrogen and oxygen atoms in total. The number of pyridine rings is 2. The fourth-order valence-electron chi connectivity index (χ4n) is 12.6. The van der Waals surface area contributed by atoms with Crippen molar-refractivity contribution in [2.75, 3.05) is 79.5 Å². The zero-order valence-electron chi connectivity index (χ0n) is 40.5. The number of benzene rings is 1. The Balaban J connectivity index is 0.697. The standard InChI is InChI=1S/C52H63N11O7/c1-31-29-58(33-13-16-57(17-14-33)34-7-9-37-38(23-34)50(68)63(49(37)67)41-10-12-46(65)56-47(41)66)18-19-59(31)35-8-11-45(53-27-35)55-39-24-36(28-54-48(39)70-4)60-15-5-6-40(44(60)30-64)62-21-20-61-42(51(62)69)22-32-25-52(2,3)26-43(32)61/h7-9,11,22-24,27-28,31,33,40-41,44,64H,5-6,10,12-21,25-26,29-30H2,1-4H3,(H,53,55)(H,56,65,66)/t31-,40-,41?,44-/m0/s1. The van der Waals surface area contributed by atoms with Gasteiger partial charge in [-0.15, -0.1) is 0 Å². The fraction of sp³-hybridized carbons (Fsp3) is 0.519. The zero-order valence-corrected chi connectivity index (χ0v) is 40.5. The molecule has 0 spiro atoms. The van der Waals surface area contributed by atoms with Crippen molar-refractivity contribution in [2.24, 2.45) is 5.41 Å². The summed E-state index contributed by atoms with van der Waals surface area (Å²) in [7, 11) is 1.60. The minimum absolute atomic E-state index is 0.0563. The molecule has 0 radical (unpaired) electrons. The molecule has 0 saturated carbocycles. The number of aromatic nitrogens is 3. The highest BCUT2D eigenvalue weighted by atomic mass is 16.5. The van der Waals surface area contributed by atoms with Crippen LogP contribution in [0.1, 0.15) is 102 Å². The second-order valence-electron chi connectivity index (χ2n) is 21.0. The molecule has 1 unspecified atom stereocenters. The van der Waals surface area contributed by atoms with Crippen LogP contribution in [-0.4, -0.2) is 154 Å². The third-order valence-electron chi connectivity index (χ3n) is 16.1. The van der Waals surface area contributed by atoms with Gasteiger partial charge >= 0.3 is 0 Å². The number of fused-ring (bicyclic) bond motifs is 4. The molecule has 70 heavy (non-hydrogen) atoms. The Morgan fingerprint density at radius 1 is 0.786 bits per heavy atom. The number of rotatable bonds is 10. The number of nitrogens with zero attached hydrogens (tertiary/aromatic N) is 9. The number of carbonyl (C=O) groups excluding carboxylic acids is 5. The first-order valence-electron chi connectivity index (χ1n) is 25.1. The lowest BCUT2D eigenvalue weighted by Gasteiger charge is -2.47. The van der Waals surface area contributed by atoms with Gasteiger partial charge in [0, 0.05) is 82.2 Å². The molecule has 368 valence electrons. The highest BCUT2D eigenvalue weighted by molar-refractivity contribution is 6.23. The lowest BCUT2D eigenvalue weighted by Crippen LogP contribution is -2.60. The van der Waals surface area contributed by atoms with Crippen molar-refractivity contribution in [2.45, 2.75) is 109 Å². The van der Waals surface area contributed by atoms with Gasteiger partial charge in [-0.1, -0.05) is 13.8 Å². The van der Waals surface area contributed by atoms with E-state index in [1.54, 1.807) is 25.4 Å². The summed E-state index contributed by atoms with van der Waals surface area (Å²) in [6.07, 6.45) is 9.53. The molecule has 4 aromatic rings. The van der Waals surface area contributed by atoms with Gasteiger partial charge in [0.1, 0.15) is 23.2 Å². The molecule has 4 atom stereocenters. The zero-order chi connectivity index (χ0) is 48.6. The van der Waals surface area contributed by atoms with E-state index in [0.29, 0.717) is 41.1 Å². The van der Waals surface area contributed by atoms with Crippen molar-refractivity contribution in [3.8, 4) is 5.88 Å². The summed E-state index contributed by atoms with van der Waals surface area (Å²) in [6.45, 7) is 13.2. The number of amides is 5. The van der Waals surface area contributed by atoms with E-state index in [4.69, 9.17) is 9.72 Å². The average Bonchev–Trinajstić information content (AvgIpc) is 3.95. The van der Waals surface area contributed by atoms with Crippen molar-refractivity contribution < 1.29 is 33.8 Å². The molecule has 6 aliphatic heterocycles. The van der Waals surface area contributed by atoms with Crippen LogP contribution in [0.3, 0.4) is 0 Å². The molecule has 3 N–H and O–H groups in total. The number of aliphatic hydroxyl groups excluding tert-OH is 1. The van der Waals surface area contributed by atoms with Crippen molar-refractivity contribution in [1.29, 1.82) is 0 Å². The first kappa shape index (κ1) is 45.9. The number of hydrogen-bond acceptors (Lipinski definition) is 14. The number of anilines is 5. The van der Waals surface area contributed by atoms with Crippen LogP contribution in [0, 0.1) is 5.41 Å². The first-order chi connectivity index (χ1) is 33.8. The van der Waals surface area contributed by atoms with E-state index in [2.05, 4.69) is 72.7 Å². The maximum Gasteiger partial charge on any atom is 0.270 e. The summed E-state index contributed by atoms with van der Waals surface area (Å²) < 4.78 is 7.95. The topological polar surface area (TPSA) is 189 Å². The SMILES string of the molecule is COc1ncc(N2CCC[C@H](N3CCn4c(cc5c4CC(C)(C)C5)C3=O)[C@@H]2CO)cc1Nc1ccc(N2CCN(C3CCN(c4ccc5c(c4)C(=O)N(C4CCC(=O)NC4=O)C5=O)CC3)C[C@@H]2C)cn1. The van der Waals surface area contributed by atoms with Crippen LogP contribution in [0.4, 0.5) is 28.6 Å². The highest BCUT2D eigenvalue weighted by Crippen LogP contribution is 2.41.